The van der Waals surface area contributed by atoms with Gasteiger partial charge in [0.25, 0.3) is 0 Å². The number of aromatic nitrogens is 2. The number of nitrogens with zero attached hydrogens (tertiary/aromatic N) is 3. The van der Waals surface area contributed by atoms with Gasteiger partial charge in [-0.25, -0.2) is 9.37 Å². The van der Waals surface area contributed by atoms with Gasteiger partial charge < -0.3 is 14.6 Å². The Kier molecular flexibility index (Phi) is 5.50. The van der Waals surface area contributed by atoms with Crippen molar-refractivity contribution in [1.82, 2.24) is 19.8 Å². The molecule has 1 fully saturated rings. The Balaban J connectivity index is 1.64. The summed E-state index contributed by atoms with van der Waals surface area (Å²) in [5.41, 5.74) is 1.99. The Morgan fingerprint density at radius 2 is 2.29 bits per heavy atom. The molecular weight excluding hydrogens is 331 g/mol. The number of hydrogen-bond acceptors (Lipinski definition) is 4. The van der Waals surface area contributed by atoms with Gasteiger partial charge in [0.15, 0.2) is 0 Å². The van der Waals surface area contributed by atoms with E-state index in [4.69, 9.17) is 16.3 Å². The third-order valence-electron chi connectivity index (χ3n) is 4.00. The molecule has 130 valence electrons. The average molecular weight is 353 g/mol. The summed E-state index contributed by atoms with van der Waals surface area (Å²) in [5, 5.41) is 0.462. The number of benzene rings is 1. The molecule has 0 amide bonds. The van der Waals surface area contributed by atoms with E-state index in [0.717, 1.165) is 36.7 Å². The van der Waals surface area contributed by atoms with Gasteiger partial charge in [-0.1, -0.05) is 17.7 Å². The maximum atomic E-state index is 13.2. The highest BCUT2D eigenvalue weighted by molar-refractivity contribution is 6.31. The Bertz CT molecular complexity index is 691. The van der Waals surface area contributed by atoms with Gasteiger partial charge in [0.1, 0.15) is 17.7 Å². The van der Waals surface area contributed by atoms with E-state index < -0.39 is 0 Å². The van der Waals surface area contributed by atoms with Gasteiger partial charge in [-0.05, 0) is 31.8 Å². The predicted octanol–water partition coefficient (Wildman–Crippen LogP) is 2.84. The van der Waals surface area contributed by atoms with Crippen molar-refractivity contribution >= 4 is 11.6 Å². The van der Waals surface area contributed by atoms with Gasteiger partial charge in [0.2, 0.25) is 0 Å². The summed E-state index contributed by atoms with van der Waals surface area (Å²) < 4.78 is 19.0. The first-order valence-electron chi connectivity index (χ1n) is 7.97. The second-order valence-electron chi connectivity index (χ2n) is 6.36. The summed E-state index contributed by atoms with van der Waals surface area (Å²) in [6.07, 6.45) is 1.77. The average Bonchev–Trinajstić information content (AvgIpc) is 2.98. The minimum atomic E-state index is -0.312. The van der Waals surface area contributed by atoms with Crippen LogP contribution in [0.25, 0.3) is 0 Å². The molecule has 0 saturated carbocycles. The van der Waals surface area contributed by atoms with Crippen LogP contribution in [-0.2, 0) is 17.8 Å². The zero-order chi connectivity index (χ0) is 17.1. The van der Waals surface area contributed by atoms with Crippen LogP contribution < -0.4 is 0 Å². The van der Waals surface area contributed by atoms with Crippen molar-refractivity contribution in [3.05, 3.63) is 52.3 Å². The van der Waals surface area contributed by atoms with Crippen LogP contribution >= 0.6 is 11.6 Å². The zero-order valence-electron chi connectivity index (χ0n) is 13.9. The Morgan fingerprint density at radius 1 is 1.46 bits per heavy atom. The minimum absolute atomic E-state index is 0.0890. The summed E-state index contributed by atoms with van der Waals surface area (Å²) in [6, 6.07) is 4.54. The van der Waals surface area contributed by atoms with Gasteiger partial charge in [0.05, 0.1) is 6.61 Å². The van der Waals surface area contributed by atoms with Crippen LogP contribution in [-0.4, -0.2) is 53.6 Å². The number of morpholine rings is 1. The van der Waals surface area contributed by atoms with E-state index >= 15 is 0 Å². The summed E-state index contributed by atoms with van der Waals surface area (Å²) in [7, 11) is 4.04. The van der Waals surface area contributed by atoms with E-state index in [0.29, 0.717) is 18.2 Å². The highest BCUT2D eigenvalue weighted by atomic mass is 35.5. The predicted molar refractivity (Wildman–Crippen MR) is 91.4 cm³/mol. The molecule has 1 unspecified atom stereocenters. The molecule has 1 aliphatic rings. The lowest BCUT2D eigenvalue weighted by Gasteiger charge is -2.32. The fourth-order valence-electron chi connectivity index (χ4n) is 2.86. The lowest BCUT2D eigenvalue weighted by molar-refractivity contribution is -0.0369. The van der Waals surface area contributed by atoms with E-state index in [1.54, 1.807) is 6.07 Å². The molecule has 3 rings (SSSR count). The molecule has 7 heteroatoms. The highest BCUT2D eigenvalue weighted by Gasteiger charge is 2.24. The summed E-state index contributed by atoms with van der Waals surface area (Å²) in [6.45, 7) is 3.66. The molecule has 1 aromatic carbocycles. The number of rotatable bonds is 5. The fourth-order valence-corrected chi connectivity index (χ4v) is 3.09. The van der Waals surface area contributed by atoms with E-state index in [1.165, 1.54) is 12.1 Å². The normalized spacial score (nSPS) is 19.1. The lowest BCUT2D eigenvalue weighted by atomic mass is 10.1. The Labute approximate surface area is 146 Å². The van der Waals surface area contributed by atoms with Crippen molar-refractivity contribution in [3.8, 4) is 0 Å². The van der Waals surface area contributed by atoms with E-state index in [-0.39, 0.29) is 11.9 Å². The number of halogens is 2. The zero-order valence-corrected chi connectivity index (χ0v) is 14.7. The number of nitrogens with one attached hydrogen (secondary N) is 1. The summed E-state index contributed by atoms with van der Waals surface area (Å²) in [5.74, 6) is 0.536. The van der Waals surface area contributed by atoms with Crippen molar-refractivity contribution < 1.29 is 9.13 Å². The van der Waals surface area contributed by atoms with E-state index in [9.17, 15) is 4.39 Å². The molecule has 1 aliphatic heterocycles. The number of H-pyrrole nitrogens is 1. The second kappa shape index (κ2) is 7.61. The van der Waals surface area contributed by atoms with Crippen molar-refractivity contribution in [1.29, 1.82) is 0 Å². The van der Waals surface area contributed by atoms with Crippen LogP contribution in [0.15, 0.2) is 24.4 Å². The molecule has 0 aliphatic carbocycles. The van der Waals surface area contributed by atoms with Crippen LogP contribution in [0, 0.1) is 5.82 Å². The molecule has 2 aromatic rings. The maximum Gasteiger partial charge on any atom is 0.136 e. The molecular formula is C17H22ClFN4O. The van der Waals surface area contributed by atoms with Crippen molar-refractivity contribution in [2.75, 3.05) is 33.8 Å². The molecule has 1 aromatic heterocycles. The van der Waals surface area contributed by atoms with Gasteiger partial charge in [-0.15, -0.1) is 0 Å². The van der Waals surface area contributed by atoms with Gasteiger partial charge in [0, 0.05) is 43.1 Å². The maximum absolute atomic E-state index is 13.2. The van der Waals surface area contributed by atoms with Crippen LogP contribution in [0.5, 0.6) is 0 Å². The Morgan fingerprint density at radius 3 is 3.04 bits per heavy atom. The van der Waals surface area contributed by atoms with Gasteiger partial charge in [-0.2, -0.15) is 0 Å². The molecule has 0 spiro atoms. The van der Waals surface area contributed by atoms with Crippen molar-refractivity contribution in [3.63, 3.8) is 0 Å². The second-order valence-corrected chi connectivity index (χ2v) is 6.77. The first-order chi connectivity index (χ1) is 11.5. The standard InChI is InChI=1S/C17H22ClFN4O/c1-22(2)10-14-8-20-17(21-14)16-11-23(5-6-24-16)9-12-3-4-13(19)7-15(12)18/h3-4,7-8,16H,5-6,9-11H2,1-2H3,(H,20,21). The van der Waals surface area contributed by atoms with Crippen LogP contribution in [0.3, 0.4) is 0 Å². The van der Waals surface area contributed by atoms with Crippen molar-refractivity contribution in [2.24, 2.45) is 0 Å². The first kappa shape index (κ1) is 17.4. The first-order valence-corrected chi connectivity index (χ1v) is 8.35. The smallest absolute Gasteiger partial charge is 0.136 e. The third kappa shape index (κ3) is 4.33. The minimum Gasteiger partial charge on any atom is -0.368 e. The third-order valence-corrected chi connectivity index (χ3v) is 4.35. The van der Waals surface area contributed by atoms with Crippen LogP contribution in [0.1, 0.15) is 23.2 Å². The molecule has 1 N–H and O–H groups in total. The fraction of sp³-hybridized carbons (Fsp3) is 0.471. The quantitative estimate of drug-likeness (QED) is 0.898. The largest absolute Gasteiger partial charge is 0.368 e. The monoisotopic (exact) mass is 352 g/mol. The summed E-state index contributed by atoms with van der Waals surface area (Å²) >= 11 is 6.13. The SMILES string of the molecule is CN(C)Cc1cnc(C2CN(Cc3ccc(F)cc3Cl)CCO2)[nH]1. The summed E-state index contributed by atoms with van der Waals surface area (Å²) in [4.78, 5) is 12.1. The number of imidazole rings is 1. The Hall–Kier alpha value is -1.47. The highest BCUT2D eigenvalue weighted by Crippen LogP contribution is 2.24. The molecule has 5 nitrogen and oxygen atoms in total. The van der Waals surface area contributed by atoms with Crippen molar-refractivity contribution in [2.45, 2.75) is 19.2 Å². The van der Waals surface area contributed by atoms with Crippen LogP contribution in [0.2, 0.25) is 5.02 Å². The number of hydrogen-bond donors (Lipinski definition) is 1. The van der Waals surface area contributed by atoms with Crippen LogP contribution in [0.4, 0.5) is 4.39 Å². The van der Waals surface area contributed by atoms with E-state index in [1.807, 2.05) is 20.3 Å². The molecule has 2 heterocycles. The molecule has 24 heavy (non-hydrogen) atoms. The number of aromatic amines is 1. The topological polar surface area (TPSA) is 44.4 Å². The molecule has 1 atom stereocenters. The van der Waals surface area contributed by atoms with Gasteiger partial charge in [-0.3, -0.25) is 4.90 Å². The lowest BCUT2D eigenvalue weighted by Crippen LogP contribution is -2.38. The molecule has 1 saturated heterocycles. The van der Waals surface area contributed by atoms with E-state index in [2.05, 4.69) is 19.8 Å². The van der Waals surface area contributed by atoms with Gasteiger partial charge >= 0.3 is 0 Å². The molecule has 0 radical (unpaired) electrons. The number of ether oxygens (including phenoxy) is 1. The molecule has 0 bridgehead atoms.